The van der Waals surface area contributed by atoms with Gasteiger partial charge in [0.2, 0.25) is 0 Å². The summed E-state index contributed by atoms with van der Waals surface area (Å²) in [7, 11) is 1.73. The topological polar surface area (TPSA) is 96.5 Å². The van der Waals surface area contributed by atoms with Gasteiger partial charge in [-0.1, -0.05) is 18.2 Å². The predicted molar refractivity (Wildman–Crippen MR) is 153 cm³/mol. The van der Waals surface area contributed by atoms with Gasteiger partial charge in [0, 0.05) is 57.0 Å². The standard InChI is InChI=1S/C31H32N6O3/c1-20-8-10-24(33-18-20)30(23-6-4-7-27-31(23)40-15-5-14-39-27)36-12-13-37(21(2)19-36)26-16-28(38)35(3)25-11-9-22(17-32)34-29(25)26/h4,6-11,16,18,21,30H,5,12-15,19H2,1-3H3/t21-,30?/m0/s1. The van der Waals surface area contributed by atoms with Crippen LogP contribution in [-0.2, 0) is 7.05 Å². The first-order chi connectivity index (χ1) is 19.4. The maximum atomic E-state index is 12.9. The summed E-state index contributed by atoms with van der Waals surface area (Å²) in [5, 5.41) is 9.48. The Bertz CT molecular complexity index is 1660. The van der Waals surface area contributed by atoms with E-state index in [1.165, 1.54) is 0 Å². The second-order valence-electron chi connectivity index (χ2n) is 10.5. The highest BCUT2D eigenvalue weighted by atomic mass is 16.5. The molecule has 40 heavy (non-hydrogen) atoms. The molecule has 2 aliphatic heterocycles. The van der Waals surface area contributed by atoms with E-state index in [1.807, 2.05) is 25.3 Å². The highest BCUT2D eigenvalue weighted by molar-refractivity contribution is 5.89. The van der Waals surface area contributed by atoms with Gasteiger partial charge < -0.3 is 18.9 Å². The molecule has 9 nitrogen and oxygen atoms in total. The third-order valence-corrected chi connectivity index (χ3v) is 7.83. The first-order valence-electron chi connectivity index (χ1n) is 13.7. The third-order valence-electron chi connectivity index (χ3n) is 7.83. The minimum Gasteiger partial charge on any atom is -0.490 e. The van der Waals surface area contributed by atoms with Crippen LogP contribution in [0.15, 0.2) is 59.5 Å². The summed E-state index contributed by atoms with van der Waals surface area (Å²) in [6.45, 7) is 7.56. The zero-order chi connectivity index (χ0) is 27.8. The minimum absolute atomic E-state index is 0.0593. The van der Waals surface area contributed by atoms with Gasteiger partial charge in [0.1, 0.15) is 17.3 Å². The Morgan fingerprint density at radius 3 is 2.73 bits per heavy atom. The molecule has 0 N–H and O–H groups in total. The van der Waals surface area contributed by atoms with E-state index in [0.29, 0.717) is 36.5 Å². The van der Waals surface area contributed by atoms with Crippen molar-refractivity contribution in [1.82, 2.24) is 19.4 Å². The smallest absolute Gasteiger partial charge is 0.252 e. The normalized spacial score (nSPS) is 18.2. The summed E-state index contributed by atoms with van der Waals surface area (Å²) >= 11 is 0. The molecule has 0 amide bonds. The molecule has 1 unspecified atom stereocenters. The Labute approximate surface area is 233 Å². The first-order valence-corrected chi connectivity index (χ1v) is 13.7. The van der Waals surface area contributed by atoms with Gasteiger partial charge in [-0.3, -0.25) is 14.7 Å². The van der Waals surface area contributed by atoms with Gasteiger partial charge in [0.05, 0.1) is 36.2 Å². The van der Waals surface area contributed by atoms with E-state index < -0.39 is 0 Å². The van der Waals surface area contributed by atoms with Crippen LogP contribution in [0.2, 0.25) is 0 Å². The van der Waals surface area contributed by atoms with Crippen molar-refractivity contribution in [2.75, 3.05) is 37.7 Å². The van der Waals surface area contributed by atoms with E-state index in [4.69, 9.17) is 14.5 Å². The van der Waals surface area contributed by atoms with E-state index >= 15 is 0 Å². The lowest BCUT2D eigenvalue weighted by Gasteiger charge is -2.44. The zero-order valence-electron chi connectivity index (χ0n) is 23.0. The molecule has 1 saturated heterocycles. The summed E-state index contributed by atoms with van der Waals surface area (Å²) in [5.74, 6) is 1.55. The van der Waals surface area contributed by atoms with Gasteiger partial charge in [-0.2, -0.15) is 5.26 Å². The monoisotopic (exact) mass is 536 g/mol. The van der Waals surface area contributed by atoms with Gasteiger partial charge in [0.25, 0.3) is 5.56 Å². The lowest BCUT2D eigenvalue weighted by atomic mass is 9.97. The second-order valence-corrected chi connectivity index (χ2v) is 10.5. The number of fused-ring (bicyclic) bond motifs is 2. The number of hydrogen-bond donors (Lipinski definition) is 0. The van der Waals surface area contributed by atoms with Crippen molar-refractivity contribution in [3.63, 3.8) is 0 Å². The van der Waals surface area contributed by atoms with Crippen molar-refractivity contribution in [1.29, 1.82) is 5.26 Å². The molecular weight excluding hydrogens is 504 g/mol. The number of nitrogens with zero attached hydrogens (tertiary/aromatic N) is 6. The summed E-state index contributed by atoms with van der Waals surface area (Å²) in [6, 6.07) is 17.4. The van der Waals surface area contributed by atoms with E-state index in [0.717, 1.165) is 53.5 Å². The van der Waals surface area contributed by atoms with Crippen LogP contribution in [0.3, 0.4) is 0 Å². The molecule has 0 radical (unpaired) electrons. The number of ether oxygens (including phenoxy) is 2. The average Bonchev–Trinajstić information content (AvgIpc) is 3.22. The summed E-state index contributed by atoms with van der Waals surface area (Å²) in [5.41, 5.74) is 5.46. The SMILES string of the molecule is Cc1ccc(C(c2cccc3c2OCCCO3)N2CCN(c3cc(=O)n(C)c4ccc(C#N)nc34)[C@@H](C)C2)nc1. The van der Waals surface area contributed by atoms with Crippen LogP contribution in [0.25, 0.3) is 11.0 Å². The average molecular weight is 537 g/mol. The molecule has 6 rings (SSSR count). The number of anilines is 1. The molecule has 4 aromatic rings. The molecule has 0 aliphatic carbocycles. The molecule has 204 valence electrons. The number of aryl methyl sites for hydroxylation is 2. The van der Waals surface area contributed by atoms with Gasteiger partial charge in [-0.25, -0.2) is 4.98 Å². The zero-order valence-corrected chi connectivity index (χ0v) is 23.0. The fourth-order valence-corrected chi connectivity index (χ4v) is 5.79. The van der Waals surface area contributed by atoms with E-state index in [9.17, 15) is 10.1 Å². The summed E-state index contributed by atoms with van der Waals surface area (Å²) < 4.78 is 13.9. The molecule has 5 heterocycles. The Morgan fingerprint density at radius 2 is 1.95 bits per heavy atom. The maximum absolute atomic E-state index is 12.9. The van der Waals surface area contributed by atoms with E-state index in [-0.39, 0.29) is 17.6 Å². The first kappa shape index (κ1) is 25.8. The predicted octanol–water partition coefficient (Wildman–Crippen LogP) is 3.97. The number of rotatable bonds is 4. The number of aromatic nitrogens is 3. The lowest BCUT2D eigenvalue weighted by molar-refractivity contribution is 0.181. The van der Waals surface area contributed by atoms with Gasteiger partial charge >= 0.3 is 0 Å². The molecule has 1 fully saturated rings. The number of para-hydroxylation sites is 1. The van der Waals surface area contributed by atoms with Crippen molar-refractivity contribution in [3.05, 3.63) is 87.6 Å². The van der Waals surface area contributed by atoms with Crippen LogP contribution in [0.5, 0.6) is 11.5 Å². The van der Waals surface area contributed by atoms with Crippen molar-refractivity contribution in [2.24, 2.45) is 7.05 Å². The van der Waals surface area contributed by atoms with Crippen LogP contribution >= 0.6 is 0 Å². The highest BCUT2D eigenvalue weighted by Crippen LogP contribution is 2.42. The summed E-state index contributed by atoms with van der Waals surface area (Å²) in [4.78, 5) is 27.0. The largest absolute Gasteiger partial charge is 0.490 e. The van der Waals surface area contributed by atoms with Crippen molar-refractivity contribution in [2.45, 2.75) is 32.4 Å². The van der Waals surface area contributed by atoms with Crippen LogP contribution in [0.1, 0.15) is 41.9 Å². The molecule has 2 aliphatic rings. The molecule has 9 heteroatoms. The van der Waals surface area contributed by atoms with E-state index in [1.54, 1.807) is 29.8 Å². The molecule has 1 aromatic carbocycles. The maximum Gasteiger partial charge on any atom is 0.252 e. The quantitative estimate of drug-likeness (QED) is 0.387. The van der Waals surface area contributed by atoms with Crippen molar-refractivity contribution >= 4 is 16.7 Å². The number of nitriles is 1. The molecule has 0 spiro atoms. The molecule has 0 saturated carbocycles. The number of piperazine rings is 1. The Morgan fingerprint density at radius 1 is 1.10 bits per heavy atom. The minimum atomic E-state index is -0.134. The molecule has 2 atom stereocenters. The fourth-order valence-electron chi connectivity index (χ4n) is 5.79. The number of hydrogen-bond acceptors (Lipinski definition) is 8. The van der Waals surface area contributed by atoms with E-state index in [2.05, 4.69) is 46.0 Å². The Kier molecular flexibility index (Phi) is 6.86. The van der Waals surface area contributed by atoms with Gasteiger partial charge in [-0.15, -0.1) is 0 Å². The Hall–Kier alpha value is -4.42. The van der Waals surface area contributed by atoms with Crippen LogP contribution in [0.4, 0.5) is 5.69 Å². The molecular formula is C31H32N6O3. The van der Waals surface area contributed by atoms with Gasteiger partial charge in [-0.05, 0) is 43.7 Å². The van der Waals surface area contributed by atoms with Crippen molar-refractivity contribution < 1.29 is 9.47 Å². The summed E-state index contributed by atoms with van der Waals surface area (Å²) in [6.07, 6.45) is 2.74. The molecule has 3 aromatic heterocycles. The molecule has 0 bridgehead atoms. The third kappa shape index (κ3) is 4.65. The number of pyridine rings is 3. The highest BCUT2D eigenvalue weighted by Gasteiger charge is 2.34. The fraction of sp³-hybridized carbons (Fsp3) is 0.355. The lowest BCUT2D eigenvalue weighted by Crippen LogP contribution is -2.53. The Balaban J connectivity index is 1.39. The van der Waals surface area contributed by atoms with Crippen LogP contribution in [-0.4, -0.2) is 58.3 Å². The van der Waals surface area contributed by atoms with Crippen molar-refractivity contribution in [3.8, 4) is 17.6 Å². The van der Waals surface area contributed by atoms with Crippen LogP contribution < -0.4 is 19.9 Å². The number of benzene rings is 1. The van der Waals surface area contributed by atoms with Gasteiger partial charge in [0.15, 0.2) is 11.5 Å². The van der Waals surface area contributed by atoms with Crippen LogP contribution in [0, 0.1) is 18.3 Å². The second kappa shape index (κ2) is 10.6.